The van der Waals surface area contributed by atoms with Crippen molar-refractivity contribution in [3.8, 4) is 0 Å². The van der Waals surface area contributed by atoms with Gasteiger partial charge in [-0.15, -0.1) is 0 Å². The fourth-order valence-corrected chi connectivity index (χ4v) is 5.39. The first-order valence-corrected chi connectivity index (χ1v) is 9.28. The van der Waals surface area contributed by atoms with Crippen molar-refractivity contribution >= 4 is 27.4 Å². The summed E-state index contributed by atoms with van der Waals surface area (Å²) < 4.78 is 29.9. The summed E-state index contributed by atoms with van der Waals surface area (Å²) >= 11 is 5.99. The Kier molecular flexibility index (Phi) is 4.84. The lowest BCUT2D eigenvalue weighted by atomic mass is 9.99. The van der Waals surface area contributed by atoms with Gasteiger partial charge in [0.2, 0.25) is 0 Å². The van der Waals surface area contributed by atoms with Crippen LogP contribution in [0.25, 0.3) is 0 Å². The van der Waals surface area contributed by atoms with Crippen molar-refractivity contribution in [2.45, 2.75) is 25.0 Å². The maximum absolute atomic E-state index is 12.4. The topological polar surface area (TPSA) is 86.5 Å². The molecule has 2 N–H and O–H groups in total. The van der Waals surface area contributed by atoms with Crippen molar-refractivity contribution in [2.24, 2.45) is 11.1 Å². The van der Waals surface area contributed by atoms with Crippen LogP contribution in [0.1, 0.15) is 25.3 Å². The first kappa shape index (κ1) is 17.2. The van der Waals surface area contributed by atoms with Gasteiger partial charge in [0.15, 0.2) is 9.84 Å². The summed E-state index contributed by atoms with van der Waals surface area (Å²) in [6.07, 6.45) is 0. The molecule has 122 valence electrons. The predicted octanol–water partition coefficient (Wildman–Crippen LogP) is 1.75. The highest BCUT2D eigenvalue weighted by atomic mass is 35.5. The van der Waals surface area contributed by atoms with E-state index in [-0.39, 0.29) is 18.9 Å². The third-order valence-corrected chi connectivity index (χ3v) is 6.75. The van der Waals surface area contributed by atoms with E-state index in [4.69, 9.17) is 22.1 Å². The number of carbonyl (C=O) groups excluding carboxylic acids is 1. The van der Waals surface area contributed by atoms with E-state index >= 15 is 0 Å². The molecule has 1 fully saturated rings. The van der Waals surface area contributed by atoms with Crippen LogP contribution in [-0.4, -0.2) is 38.5 Å². The highest BCUT2D eigenvalue weighted by molar-refractivity contribution is 7.92. The summed E-state index contributed by atoms with van der Waals surface area (Å²) in [6.45, 7) is 3.35. The maximum atomic E-state index is 12.4. The van der Waals surface area contributed by atoms with Gasteiger partial charge in [-0.05, 0) is 24.6 Å². The zero-order valence-electron chi connectivity index (χ0n) is 12.6. The molecule has 2 rings (SSSR count). The summed E-state index contributed by atoms with van der Waals surface area (Å²) in [5.74, 6) is -1.11. The van der Waals surface area contributed by atoms with Crippen LogP contribution in [0.3, 0.4) is 0 Å². The monoisotopic (exact) mass is 345 g/mol. The van der Waals surface area contributed by atoms with Crippen molar-refractivity contribution in [1.82, 2.24) is 0 Å². The van der Waals surface area contributed by atoms with Crippen molar-refractivity contribution in [1.29, 1.82) is 0 Å². The van der Waals surface area contributed by atoms with E-state index in [9.17, 15) is 13.2 Å². The fourth-order valence-electron chi connectivity index (χ4n) is 3.12. The van der Waals surface area contributed by atoms with E-state index in [1.54, 1.807) is 38.1 Å². The first-order valence-electron chi connectivity index (χ1n) is 7.19. The van der Waals surface area contributed by atoms with Gasteiger partial charge in [0.05, 0.1) is 11.9 Å². The van der Waals surface area contributed by atoms with Gasteiger partial charge in [-0.1, -0.05) is 30.7 Å². The van der Waals surface area contributed by atoms with Crippen molar-refractivity contribution < 1.29 is 17.9 Å². The summed E-state index contributed by atoms with van der Waals surface area (Å²) in [6, 6.07) is 6.88. The Morgan fingerprint density at radius 3 is 2.59 bits per heavy atom. The molecular weight excluding hydrogens is 326 g/mol. The third-order valence-electron chi connectivity index (χ3n) is 4.25. The molecule has 0 spiro atoms. The van der Waals surface area contributed by atoms with Crippen molar-refractivity contribution in [3.05, 3.63) is 34.9 Å². The molecule has 0 heterocycles. The van der Waals surface area contributed by atoms with Gasteiger partial charge in [0.25, 0.3) is 0 Å². The second-order valence-corrected chi connectivity index (χ2v) is 8.22. The number of benzene rings is 1. The second kappa shape index (κ2) is 6.18. The van der Waals surface area contributed by atoms with Crippen LogP contribution in [0, 0.1) is 5.41 Å². The van der Waals surface area contributed by atoms with Gasteiger partial charge in [0.1, 0.15) is 5.41 Å². The number of hydrogen-bond acceptors (Lipinski definition) is 5. The maximum Gasteiger partial charge on any atom is 0.315 e. The molecule has 0 unspecified atom stereocenters. The Labute approximate surface area is 135 Å². The lowest BCUT2D eigenvalue weighted by molar-refractivity contribution is -0.149. The molecular formula is C15H20ClNO4S. The van der Waals surface area contributed by atoms with Gasteiger partial charge >= 0.3 is 5.97 Å². The molecule has 5 nitrogen and oxygen atoms in total. The second-order valence-electron chi connectivity index (χ2n) is 5.37. The number of sulfone groups is 1. The zero-order valence-corrected chi connectivity index (χ0v) is 14.2. The quantitative estimate of drug-likeness (QED) is 0.794. The average Bonchev–Trinajstić information content (AvgIpc) is 3.19. The molecule has 0 aromatic heterocycles. The Balaban J connectivity index is 2.52. The lowest BCUT2D eigenvalue weighted by Gasteiger charge is -2.14. The van der Waals surface area contributed by atoms with Crippen LogP contribution in [0.5, 0.6) is 0 Å². The molecule has 0 amide bonds. The van der Waals surface area contributed by atoms with Crippen molar-refractivity contribution in [3.63, 3.8) is 0 Å². The molecule has 0 aliphatic heterocycles. The standard InChI is InChI=1S/C15H20ClNO4S/c1-3-21-14(18)15(9-17)12(13(15)22(19,20)4-2)10-6-5-7-11(16)8-10/h5-8,12-13H,3-4,9,17H2,1-2H3/t12-,13+,15-/m1/s1. The average molecular weight is 346 g/mol. The van der Waals surface area contributed by atoms with E-state index in [1.165, 1.54) is 0 Å². The smallest absolute Gasteiger partial charge is 0.315 e. The van der Waals surface area contributed by atoms with Crippen LogP contribution >= 0.6 is 11.6 Å². The van der Waals surface area contributed by atoms with E-state index in [0.29, 0.717) is 10.6 Å². The number of carbonyl (C=O) groups is 1. The van der Waals surface area contributed by atoms with Crippen molar-refractivity contribution in [2.75, 3.05) is 18.9 Å². The Bertz CT molecular complexity index is 676. The number of halogens is 1. The molecule has 1 aliphatic rings. The molecule has 0 bridgehead atoms. The van der Waals surface area contributed by atoms with Crippen LogP contribution in [0.2, 0.25) is 5.02 Å². The summed E-state index contributed by atoms with van der Waals surface area (Å²) in [4.78, 5) is 12.4. The SMILES string of the molecule is CCOC(=O)[C@]1(CN)[C@H](c2cccc(Cl)c2)[C@@H]1S(=O)(=O)CC. The number of nitrogens with two attached hydrogens (primary N) is 1. The minimum absolute atomic E-state index is 0.0457. The van der Waals surface area contributed by atoms with Gasteiger partial charge < -0.3 is 10.5 Å². The van der Waals surface area contributed by atoms with Crippen LogP contribution in [0.15, 0.2) is 24.3 Å². The van der Waals surface area contributed by atoms with Gasteiger partial charge in [-0.3, -0.25) is 4.79 Å². The third kappa shape index (κ3) is 2.64. The van der Waals surface area contributed by atoms with E-state index in [0.717, 1.165) is 0 Å². The number of rotatable bonds is 6. The molecule has 1 aromatic rings. The zero-order chi connectivity index (χ0) is 16.5. The molecule has 3 atom stereocenters. The fraction of sp³-hybridized carbons (Fsp3) is 0.533. The van der Waals surface area contributed by atoms with E-state index in [2.05, 4.69) is 0 Å². The Morgan fingerprint density at radius 1 is 1.41 bits per heavy atom. The molecule has 1 aliphatic carbocycles. The molecule has 1 saturated carbocycles. The lowest BCUT2D eigenvalue weighted by Crippen LogP contribution is -2.34. The van der Waals surface area contributed by atoms with Gasteiger partial charge in [-0.2, -0.15) is 0 Å². The van der Waals surface area contributed by atoms with Gasteiger partial charge in [-0.25, -0.2) is 8.42 Å². The summed E-state index contributed by atoms with van der Waals surface area (Å²) in [5.41, 5.74) is 5.30. The van der Waals surface area contributed by atoms with Crippen LogP contribution in [0.4, 0.5) is 0 Å². The normalized spacial score (nSPS) is 27.5. The Hall–Kier alpha value is -1.11. The summed E-state index contributed by atoms with van der Waals surface area (Å²) in [7, 11) is -3.44. The molecule has 22 heavy (non-hydrogen) atoms. The minimum atomic E-state index is -3.44. The predicted molar refractivity (Wildman–Crippen MR) is 85.6 cm³/mol. The number of hydrogen-bond donors (Lipinski definition) is 1. The highest BCUT2D eigenvalue weighted by Crippen LogP contribution is 2.63. The van der Waals surface area contributed by atoms with Crippen LogP contribution < -0.4 is 5.73 Å². The molecule has 0 radical (unpaired) electrons. The number of ether oxygens (including phenoxy) is 1. The van der Waals surface area contributed by atoms with E-state index < -0.39 is 32.4 Å². The molecule has 7 heteroatoms. The van der Waals surface area contributed by atoms with E-state index in [1.807, 2.05) is 0 Å². The molecule has 0 saturated heterocycles. The summed E-state index contributed by atoms with van der Waals surface area (Å²) in [5, 5.41) is -0.362. The van der Waals surface area contributed by atoms with Gasteiger partial charge in [0, 0.05) is 23.2 Å². The first-order chi connectivity index (χ1) is 10.3. The largest absolute Gasteiger partial charge is 0.465 e. The molecule has 1 aromatic carbocycles. The number of esters is 1. The minimum Gasteiger partial charge on any atom is -0.465 e. The van der Waals surface area contributed by atoms with Crippen LogP contribution in [-0.2, 0) is 19.4 Å². The Morgan fingerprint density at radius 2 is 2.09 bits per heavy atom. The highest BCUT2D eigenvalue weighted by Gasteiger charge is 2.75.